The third-order valence-corrected chi connectivity index (χ3v) is 0.824. The summed E-state index contributed by atoms with van der Waals surface area (Å²) in [6, 6.07) is 0. The van der Waals surface area contributed by atoms with E-state index >= 15 is 0 Å². The maximum absolute atomic E-state index is 12.2. The van der Waals surface area contributed by atoms with Gasteiger partial charge >= 0.3 is 0 Å². The highest BCUT2D eigenvalue weighted by Gasteiger charge is 1.95. The highest BCUT2D eigenvalue weighted by atomic mass is 19.1. The minimum atomic E-state index is -0.361. The summed E-state index contributed by atoms with van der Waals surface area (Å²) in [5, 5.41) is 5.83. The van der Waals surface area contributed by atoms with Crippen LogP contribution in [0.3, 0.4) is 0 Å². The summed E-state index contributed by atoms with van der Waals surface area (Å²) in [4.78, 5) is 0. The molecule has 0 radical (unpaired) electrons. The number of nitrogens with zero attached hydrogens (tertiary/aromatic N) is 1. The van der Waals surface area contributed by atoms with Crippen molar-refractivity contribution in [1.82, 2.24) is 10.2 Å². The predicted molar refractivity (Wildman–Crippen MR) is 28.6 cm³/mol. The number of hydrogen-bond acceptors (Lipinski definition) is 1. The molecule has 0 amide bonds. The molecule has 3 heteroatoms. The van der Waals surface area contributed by atoms with Crippen molar-refractivity contribution in [3.05, 3.63) is 24.3 Å². The first-order valence-corrected chi connectivity index (χ1v) is 2.16. The van der Waals surface area contributed by atoms with Crippen LogP contribution < -0.4 is 0 Å². The van der Waals surface area contributed by atoms with Crippen LogP contribution in [0.25, 0.3) is 6.08 Å². The first-order valence-electron chi connectivity index (χ1n) is 2.16. The molecular weight excluding hydrogens is 107 g/mol. The van der Waals surface area contributed by atoms with E-state index in [2.05, 4.69) is 16.8 Å². The summed E-state index contributed by atoms with van der Waals surface area (Å²) in [6.45, 7) is 3.35. The van der Waals surface area contributed by atoms with Crippen molar-refractivity contribution in [1.29, 1.82) is 0 Å². The van der Waals surface area contributed by atoms with Gasteiger partial charge in [-0.05, 0) is 6.08 Å². The van der Waals surface area contributed by atoms with E-state index in [0.29, 0.717) is 5.69 Å². The van der Waals surface area contributed by atoms with Gasteiger partial charge in [0.05, 0.1) is 11.9 Å². The lowest BCUT2D eigenvalue weighted by molar-refractivity contribution is 0.626. The number of H-pyrrole nitrogens is 1. The lowest BCUT2D eigenvalue weighted by Gasteiger charge is -1.78. The standard InChI is InChI=1S/C5H5FN2/c1-2-5-4(6)3-7-8-5/h2-3H,1H2,(H,7,8). The van der Waals surface area contributed by atoms with Gasteiger partial charge in [0.25, 0.3) is 0 Å². The first kappa shape index (κ1) is 5.03. The minimum absolute atomic E-state index is 0.338. The van der Waals surface area contributed by atoms with Crippen LogP contribution in [0.4, 0.5) is 4.39 Å². The van der Waals surface area contributed by atoms with Crippen molar-refractivity contribution in [3.63, 3.8) is 0 Å². The Labute approximate surface area is 46.0 Å². The molecule has 0 saturated heterocycles. The van der Waals surface area contributed by atoms with Gasteiger partial charge in [0.2, 0.25) is 0 Å². The molecule has 0 aliphatic carbocycles. The largest absolute Gasteiger partial charge is 0.275 e. The highest BCUT2D eigenvalue weighted by molar-refractivity contribution is 5.40. The van der Waals surface area contributed by atoms with Gasteiger partial charge in [0.15, 0.2) is 5.82 Å². The normalized spacial score (nSPS) is 9.12. The maximum Gasteiger partial charge on any atom is 0.168 e. The molecule has 2 nitrogen and oxygen atoms in total. The summed E-state index contributed by atoms with van der Waals surface area (Å²) in [6.07, 6.45) is 2.49. The van der Waals surface area contributed by atoms with Crippen LogP contribution in [-0.2, 0) is 0 Å². The SMILES string of the molecule is C=Cc1[nH]ncc1F. The quantitative estimate of drug-likeness (QED) is 0.580. The van der Waals surface area contributed by atoms with E-state index in [0.717, 1.165) is 6.20 Å². The zero-order valence-electron chi connectivity index (χ0n) is 4.19. The van der Waals surface area contributed by atoms with Crippen LogP contribution >= 0.6 is 0 Å². The number of aromatic amines is 1. The molecule has 1 heterocycles. The molecule has 1 aromatic rings. The van der Waals surface area contributed by atoms with E-state index in [1.54, 1.807) is 0 Å². The Morgan fingerprint density at radius 1 is 1.88 bits per heavy atom. The van der Waals surface area contributed by atoms with E-state index < -0.39 is 0 Å². The van der Waals surface area contributed by atoms with Gasteiger partial charge in [-0.3, -0.25) is 5.10 Å². The number of aromatic nitrogens is 2. The molecule has 42 valence electrons. The van der Waals surface area contributed by atoms with Crippen LogP contribution in [0.5, 0.6) is 0 Å². The second-order valence-corrected chi connectivity index (χ2v) is 1.34. The van der Waals surface area contributed by atoms with E-state index in [-0.39, 0.29) is 5.82 Å². The van der Waals surface area contributed by atoms with E-state index in [1.165, 1.54) is 6.08 Å². The van der Waals surface area contributed by atoms with Crippen LogP contribution in [0.1, 0.15) is 5.69 Å². The fraction of sp³-hybridized carbons (Fsp3) is 0. The average Bonchev–Trinajstić information content (AvgIpc) is 2.14. The van der Waals surface area contributed by atoms with E-state index in [9.17, 15) is 4.39 Å². The molecule has 1 aromatic heterocycles. The topological polar surface area (TPSA) is 28.7 Å². The van der Waals surface area contributed by atoms with E-state index in [1.807, 2.05) is 0 Å². The Kier molecular flexibility index (Phi) is 1.12. The van der Waals surface area contributed by atoms with Crippen molar-refractivity contribution in [2.24, 2.45) is 0 Å². The smallest absolute Gasteiger partial charge is 0.168 e. The summed E-state index contributed by atoms with van der Waals surface area (Å²) in [5.74, 6) is -0.361. The molecule has 1 rings (SSSR count). The lowest BCUT2D eigenvalue weighted by Crippen LogP contribution is -1.72. The van der Waals surface area contributed by atoms with Crippen LogP contribution in [0.2, 0.25) is 0 Å². The number of nitrogens with one attached hydrogen (secondary N) is 1. The third-order valence-electron chi connectivity index (χ3n) is 0.824. The fourth-order valence-electron chi connectivity index (χ4n) is 0.425. The summed E-state index contributed by atoms with van der Waals surface area (Å²) >= 11 is 0. The van der Waals surface area contributed by atoms with Crippen molar-refractivity contribution in [2.75, 3.05) is 0 Å². The Bertz CT molecular complexity index is 192. The predicted octanol–water partition coefficient (Wildman–Crippen LogP) is 1.19. The van der Waals surface area contributed by atoms with Crippen LogP contribution in [0.15, 0.2) is 12.8 Å². The Hall–Kier alpha value is -1.12. The van der Waals surface area contributed by atoms with Gasteiger partial charge in [-0.15, -0.1) is 0 Å². The molecule has 0 spiro atoms. The number of hydrogen-bond donors (Lipinski definition) is 1. The monoisotopic (exact) mass is 112 g/mol. The molecule has 0 saturated carbocycles. The minimum Gasteiger partial charge on any atom is -0.275 e. The molecule has 0 atom stereocenters. The summed E-state index contributed by atoms with van der Waals surface area (Å²) < 4.78 is 12.2. The molecule has 8 heavy (non-hydrogen) atoms. The van der Waals surface area contributed by atoms with Crippen LogP contribution in [0, 0.1) is 5.82 Å². The highest BCUT2D eigenvalue weighted by Crippen LogP contribution is 2.00. The molecule has 1 N–H and O–H groups in total. The fourth-order valence-corrected chi connectivity index (χ4v) is 0.425. The van der Waals surface area contributed by atoms with Gasteiger partial charge < -0.3 is 0 Å². The number of halogens is 1. The van der Waals surface area contributed by atoms with Crippen molar-refractivity contribution < 1.29 is 4.39 Å². The Balaban J connectivity index is 3.09. The van der Waals surface area contributed by atoms with Gasteiger partial charge in [0.1, 0.15) is 0 Å². The Morgan fingerprint density at radius 3 is 2.88 bits per heavy atom. The van der Waals surface area contributed by atoms with Crippen LogP contribution in [-0.4, -0.2) is 10.2 Å². The second-order valence-electron chi connectivity index (χ2n) is 1.34. The summed E-state index contributed by atoms with van der Waals surface area (Å²) in [7, 11) is 0. The van der Waals surface area contributed by atoms with Gasteiger partial charge in [-0.25, -0.2) is 4.39 Å². The molecule has 0 aromatic carbocycles. The molecule has 0 aliphatic rings. The van der Waals surface area contributed by atoms with Gasteiger partial charge in [0, 0.05) is 0 Å². The lowest BCUT2D eigenvalue weighted by atomic mass is 10.4. The number of rotatable bonds is 1. The van der Waals surface area contributed by atoms with Gasteiger partial charge in [-0.1, -0.05) is 6.58 Å². The third kappa shape index (κ3) is 0.621. The van der Waals surface area contributed by atoms with E-state index in [4.69, 9.17) is 0 Å². The zero-order chi connectivity index (χ0) is 5.98. The first-order chi connectivity index (χ1) is 3.84. The van der Waals surface area contributed by atoms with Crippen molar-refractivity contribution in [3.8, 4) is 0 Å². The maximum atomic E-state index is 12.2. The molecular formula is C5H5FN2. The van der Waals surface area contributed by atoms with Gasteiger partial charge in [-0.2, -0.15) is 5.10 Å². The molecule has 0 aliphatic heterocycles. The molecule has 0 fully saturated rings. The molecule has 0 bridgehead atoms. The zero-order valence-corrected chi connectivity index (χ0v) is 4.19. The molecule has 0 unspecified atom stereocenters. The average molecular weight is 112 g/mol. The van der Waals surface area contributed by atoms with Crippen molar-refractivity contribution in [2.45, 2.75) is 0 Å². The summed E-state index contributed by atoms with van der Waals surface area (Å²) in [5.41, 5.74) is 0.338. The van der Waals surface area contributed by atoms with Crippen molar-refractivity contribution >= 4 is 6.08 Å². The second kappa shape index (κ2) is 1.78. The Morgan fingerprint density at radius 2 is 2.62 bits per heavy atom.